The van der Waals surface area contributed by atoms with Crippen LogP contribution in [0.15, 0.2) is 66.9 Å². The first-order chi connectivity index (χ1) is 14.3. The standard InChI is InChI=1S/C23H26N4O3/c1-23(2,3)25-22(29)20(16-10-12-18(30-4)13-11-16)24-21(28)19-14-15-27(26-19)17-8-6-5-7-9-17/h5-15,20H,1-4H3,(H,24,28)(H,25,29). The maximum Gasteiger partial charge on any atom is 0.272 e. The quantitative estimate of drug-likeness (QED) is 0.658. The molecule has 156 valence electrons. The van der Waals surface area contributed by atoms with Crippen LogP contribution in [0.5, 0.6) is 5.75 Å². The molecule has 2 N–H and O–H groups in total. The van der Waals surface area contributed by atoms with E-state index in [-0.39, 0.29) is 11.6 Å². The second-order valence-corrected chi connectivity index (χ2v) is 7.90. The van der Waals surface area contributed by atoms with E-state index in [1.165, 1.54) is 0 Å². The topological polar surface area (TPSA) is 85.2 Å². The van der Waals surface area contributed by atoms with Gasteiger partial charge < -0.3 is 15.4 Å². The van der Waals surface area contributed by atoms with Crippen LogP contribution in [0.1, 0.15) is 42.9 Å². The van der Waals surface area contributed by atoms with Crippen LogP contribution in [-0.2, 0) is 4.79 Å². The molecule has 2 amide bonds. The average molecular weight is 406 g/mol. The second kappa shape index (κ2) is 8.82. The first-order valence-electron chi connectivity index (χ1n) is 9.65. The van der Waals surface area contributed by atoms with E-state index in [1.807, 2.05) is 51.1 Å². The van der Waals surface area contributed by atoms with Crippen LogP contribution < -0.4 is 15.4 Å². The highest BCUT2D eigenvalue weighted by Crippen LogP contribution is 2.20. The Balaban J connectivity index is 1.84. The summed E-state index contributed by atoms with van der Waals surface area (Å²) in [5, 5.41) is 10.1. The molecule has 7 nitrogen and oxygen atoms in total. The number of rotatable bonds is 6. The van der Waals surface area contributed by atoms with E-state index >= 15 is 0 Å². The van der Waals surface area contributed by atoms with Crippen molar-refractivity contribution < 1.29 is 14.3 Å². The highest BCUT2D eigenvalue weighted by molar-refractivity contribution is 5.96. The van der Waals surface area contributed by atoms with Crippen LogP contribution in [0.3, 0.4) is 0 Å². The zero-order valence-electron chi connectivity index (χ0n) is 17.5. The van der Waals surface area contributed by atoms with E-state index in [2.05, 4.69) is 15.7 Å². The lowest BCUT2D eigenvalue weighted by molar-refractivity contribution is -0.124. The highest BCUT2D eigenvalue weighted by atomic mass is 16.5. The van der Waals surface area contributed by atoms with Gasteiger partial charge in [0.1, 0.15) is 11.8 Å². The molecule has 7 heteroatoms. The van der Waals surface area contributed by atoms with Crippen LogP contribution >= 0.6 is 0 Å². The smallest absolute Gasteiger partial charge is 0.272 e. The van der Waals surface area contributed by atoms with E-state index in [0.717, 1.165) is 5.69 Å². The number of amides is 2. The average Bonchev–Trinajstić information content (AvgIpc) is 3.22. The number of hydrogen-bond acceptors (Lipinski definition) is 4. The van der Waals surface area contributed by atoms with Gasteiger partial charge in [0, 0.05) is 11.7 Å². The zero-order valence-corrected chi connectivity index (χ0v) is 17.5. The lowest BCUT2D eigenvalue weighted by atomic mass is 10.0. The van der Waals surface area contributed by atoms with Gasteiger partial charge in [-0.3, -0.25) is 9.59 Å². The molecule has 1 atom stereocenters. The van der Waals surface area contributed by atoms with Crippen LogP contribution in [0, 0.1) is 0 Å². The van der Waals surface area contributed by atoms with Crippen molar-refractivity contribution in [1.29, 1.82) is 0 Å². The van der Waals surface area contributed by atoms with Crippen molar-refractivity contribution in [3.05, 3.63) is 78.1 Å². The number of ether oxygens (including phenoxy) is 1. The fourth-order valence-electron chi connectivity index (χ4n) is 2.91. The largest absolute Gasteiger partial charge is 0.497 e. The minimum absolute atomic E-state index is 0.223. The predicted molar refractivity (Wildman–Crippen MR) is 115 cm³/mol. The van der Waals surface area contributed by atoms with Crippen molar-refractivity contribution in [3.63, 3.8) is 0 Å². The van der Waals surface area contributed by atoms with Crippen molar-refractivity contribution >= 4 is 11.8 Å². The molecular formula is C23H26N4O3. The highest BCUT2D eigenvalue weighted by Gasteiger charge is 2.27. The number of aromatic nitrogens is 2. The first kappa shape index (κ1) is 21.1. The Morgan fingerprint density at radius 2 is 1.67 bits per heavy atom. The molecule has 0 aliphatic heterocycles. The summed E-state index contributed by atoms with van der Waals surface area (Å²) in [4.78, 5) is 25.8. The van der Waals surface area contributed by atoms with Crippen molar-refractivity contribution in [2.75, 3.05) is 7.11 Å². The Kier molecular flexibility index (Phi) is 6.20. The fourth-order valence-corrected chi connectivity index (χ4v) is 2.91. The summed E-state index contributed by atoms with van der Waals surface area (Å²) in [7, 11) is 1.57. The van der Waals surface area contributed by atoms with Gasteiger partial charge in [-0.25, -0.2) is 4.68 Å². The number of hydrogen-bond donors (Lipinski definition) is 2. The fraction of sp³-hybridized carbons (Fsp3) is 0.261. The molecule has 3 aromatic rings. The van der Waals surface area contributed by atoms with Crippen molar-refractivity contribution in [1.82, 2.24) is 20.4 Å². The number of methoxy groups -OCH3 is 1. The molecule has 0 radical (unpaired) electrons. The van der Waals surface area contributed by atoms with Gasteiger partial charge in [-0.2, -0.15) is 5.10 Å². The third kappa shape index (κ3) is 5.26. The first-order valence-corrected chi connectivity index (χ1v) is 9.65. The van der Waals surface area contributed by atoms with Gasteiger partial charge in [-0.1, -0.05) is 30.3 Å². The summed E-state index contributed by atoms with van der Waals surface area (Å²) < 4.78 is 6.80. The van der Waals surface area contributed by atoms with E-state index in [0.29, 0.717) is 11.3 Å². The van der Waals surface area contributed by atoms with Gasteiger partial charge >= 0.3 is 0 Å². The van der Waals surface area contributed by atoms with E-state index in [4.69, 9.17) is 4.74 Å². The van der Waals surface area contributed by atoms with Crippen molar-refractivity contribution in [2.24, 2.45) is 0 Å². The van der Waals surface area contributed by atoms with Crippen molar-refractivity contribution in [3.8, 4) is 11.4 Å². The molecule has 0 bridgehead atoms. The molecule has 0 spiro atoms. The molecule has 0 fully saturated rings. The Labute approximate surface area is 176 Å². The Hall–Kier alpha value is -3.61. The summed E-state index contributed by atoms with van der Waals surface area (Å²) in [6, 6.07) is 17.3. The lowest BCUT2D eigenvalue weighted by Gasteiger charge is -2.25. The minimum Gasteiger partial charge on any atom is -0.497 e. The molecule has 0 saturated carbocycles. The summed E-state index contributed by atoms with van der Waals surface area (Å²) in [6.07, 6.45) is 1.71. The number of carbonyl (C=O) groups is 2. The summed E-state index contributed by atoms with van der Waals surface area (Å²) >= 11 is 0. The number of nitrogens with one attached hydrogen (secondary N) is 2. The molecule has 2 aromatic carbocycles. The van der Waals surface area contributed by atoms with E-state index < -0.39 is 17.5 Å². The maximum atomic E-state index is 12.9. The van der Waals surface area contributed by atoms with Gasteiger partial charge in [0.2, 0.25) is 5.91 Å². The molecule has 0 aliphatic carbocycles. The lowest BCUT2D eigenvalue weighted by Crippen LogP contribution is -2.47. The SMILES string of the molecule is COc1ccc(C(NC(=O)c2ccn(-c3ccccc3)n2)C(=O)NC(C)(C)C)cc1. The second-order valence-electron chi connectivity index (χ2n) is 7.90. The van der Waals surface area contributed by atoms with Gasteiger partial charge in [-0.05, 0) is 56.7 Å². The Morgan fingerprint density at radius 1 is 1.00 bits per heavy atom. The molecule has 0 aliphatic rings. The number of benzene rings is 2. The number of nitrogens with zero attached hydrogens (tertiary/aromatic N) is 2. The van der Waals surface area contributed by atoms with E-state index in [9.17, 15) is 9.59 Å². The monoisotopic (exact) mass is 406 g/mol. The maximum absolute atomic E-state index is 12.9. The van der Waals surface area contributed by atoms with Crippen molar-refractivity contribution in [2.45, 2.75) is 32.4 Å². The molecule has 0 saturated heterocycles. The Morgan fingerprint density at radius 3 is 2.27 bits per heavy atom. The Bertz CT molecular complexity index is 1000. The van der Waals surface area contributed by atoms with E-state index in [1.54, 1.807) is 48.3 Å². The molecule has 1 aromatic heterocycles. The van der Waals surface area contributed by atoms with Gasteiger partial charge in [-0.15, -0.1) is 0 Å². The van der Waals surface area contributed by atoms with Gasteiger partial charge in [0.25, 0.3) is 5.91 Å². The molecule has 1 unspecified atom stereocenters. The molecule has 30 heavy (non-hydrogen) atoms. The predicted octanol–water partition coefficient (Wildman–Crippen LogP) is 3.27. The third-order valence-electron chi connectivity index (χ3n) is 4.33. The van der Waals surface area contributed by atoms with Crippen LogP contribution in [-0.4, -0.2) is 34.2 Å². The van der Waals surface area contributed by atoms with Crippen LogP contribution in [0.25, 0.3) is 5.69 Å². The zero-order chi connectivity index (χ0) is 21.7. The summed E-state index contributed by atoms with van der Waals surface area (Å²) in [6.45, 7) is 5.66. The summed E-state index contributed by atoms with van der Waals surface area (Å²) in [5.41, 5.74) is 1.27. The minimum atomic E-state index is -0.871. The van der Waals surface area contributed by atoms with Gasteiger partial charge in [0.15, 0.2) is 5.69 Å². The number of para-hydroxylation sites is 1. The number of carbonyl (C=O) groups excluding carboxylic acids is 2. The molecule has 1 heterocycles. The summed E-state index contributed by atoms with van der Waals surface area (Å²) in [5.74, 6) is -0.0697. The van der Waals surface area contributed by atoms with Gasteiger partial charge in [0.05, 0.1) is 12.8 Å². The third-order valence-corrected chi connectivity index (χ3v) is 4.33. The van der Waals surface area contributed by atoms with Crippen LogP contribution in [0.2, 0.25) is 0 Å². The molecular weight excluding hydrogens is 380 g/mol. The molecule has 3 rings (SSSR count). The normalized spacial score (nSPS) is 12.1. The van der Waals surface area contributed by atoms with Crippen LogP contribution in [0.4, 0.5) is 0 Å².